The lowest BCUT2D eigenvalue weighted by Gasteiger charge is -2.26. The standard InChI is InChI=1S/C17H19NO4/c1-13(19)18(11-16-9-6-10-21-16)12-17(22-14(2)20)15-7-4-3-5-8-15/h3-10,17H,11-12H2,1-2H3/t17-/m0/s1. The topological polar surface area (TPSA) is 59.8 Å². The Labute approximate surface area is 129 Å². The smallest absolute Gasteiger partial charge is 0.303 e. The Morgan fingerprint density at radius 1 is 1.14 bits per heavy atom. The van der Waals surface area contributed by atoms with Gasteiger partial charge in [0, 0.05) is 13.8 Å². The van der Waals surface area contributed by atoms with Crippen LogP contribution in [0.25, 0.3) is 0 Å². The Balaban J connectivity index is 2.15. The van der Waals surface area contributed by atoms with Crippen LogP contribution in [0, 0.1) is 0 Å². The van der Waals surface area contributed by atoms with Gasteiger partial charge in [0.1, 0.15) is 11.9 Å². The summed E-state index contributed by atoms with van der Waals surface area (Å²) in [6.07, 6.45) is 1.06. The van der Waals surface area contributed by atoms with E-state index in [9.17, 15) is 9.59 Å². The zero-order valence-corrected chi connectivity index (χ0v) is 12.7. The first-order valence-corrected chi connectivity index (χ1v) is 7.06. The minimum Gasteiger partial charge on any atom is -0.467 e. The molecule has 0 spiro atoms. The number of amides is 1. The maximum atomic E-state index is 11.9. The maximum Gasteiger partial charge on any atom is 0.303 e. The van der Waals surface area contributed by atoms with Crippen molar-refractivity contribution in [2.24, 2.45) is 0 Å². The highest BCUT2D eigenvalue weighted by Gasteiger charge is 2.21. The first-order valence-electron chi connectivity index (χ1n) is 7.06. The van der Waals surface area contributed by atoms with E-state index in [1.165, 1.54) is 13.8 Å². The molecule has 1 aromatic carbocycles. The van der Waals surface area contributed by atoms with Gasteiger partial charge < -0.3 is 14.1 Å². The third-order valence-corrected chi connectivity index (χ3v) is 3.24. The van der Waals surface area contributed by atoms with Crippen molar-refractivity contribution in [3.05, 3.63) is 60.1 Å². The molecule has 22 heavy (non-hydrogen) atoms. The summed E-state index contributed by atoms with van der Waals surface area (Å²) in [7, 11) is 0. The minimum absolute atomic E-state index is 0.107. The normalized spacial score (nSPS) is 11.7. The predicted octanol–water partition coefficient (Wildman–Crippen LogP) is 2.93. The molecule has 0 saturated heterocycles. The van der Waals surface area contributed by atoms with Gasteiger partial charge in [-0.2, -0.15) is 0 Å². The molecule has 2 rings (SSSR count). The summed E-state index contributed by atoms with van der Waals surface area (Å²) in [4.78, 5) is 24.8. The van der Waals surface area contributed by atoms with Gasteiger partial charge in [-0.3, -0.25) is 9.59 Å². The molecule has 0 N–H and O–H groups in total. The molecule has 0 fully saturated rings. The number of carbonyl (C=O) groups excluding carboxylic acids is 2. The van der Waals surface area contributed by atoms with E-state index in [0.29, 0.717) is 12.3 Å². The van der Waals surface area contributed by atoms with Crippen LogP contribution in [0.3, 0.4) is 0 Å². The quantitative estimate of drug-likeness (QED) is 0.770. The SMILES string of the molecule is CC(=O)O[C@@H](CN(Cc1ccco1)C(C)=O)c1ccccc1. The maximum absolute atomic E-state index is 11.9. The van der Waals surface area contributed by atoms with Crippen molar-refractivity contribution in [1.82, 2.24) is 4.90 Å². The Hall–Kier alpha value is -2.56. The monoisotopic (exact) mass is 301 g/mol. The Kier molecular flexibility index (Phi) is 5.36. The molecule has 2 aromatic rings. The molecule has 0 aliphatic carbocycles. The van der Waals surface area contributed by atoms with Crippen molar-refractivity contribution in [2.45, 2.75) is 26.5 Å². The second-order valence-corrected chi connectivity index (χ2v) is 4.99. The van der Waals surface area contributed by atoms with E-state index in [4.69, 9.17) is 9.15 Å². The largest absolute Gasteiger partial charge is 0.467 e. The van der Waals surface area contributed by atoms with Gasteiger partial charge in [-0.25, -0.2) is 0 Å². The average Bonchev–Trinajstić information content (AvgIpc) is 2.99. The Bertz CT molecular complexity index is 607. The van der Waals surface area contributed by atoms with Crippen molar-refractivity contribution >= 4 is 11.9 Å². The van der Waals surface area contributed by atoms with E-state index in [0.717, 1.165) is 5.56 Å². The van der Waals surface area contributed by atoms with E-state index < -0.39 is 6.10 Å². The lowest BCUT2D eigenvalue weighted by Crippen LogP contribution is -2.33. The summed E-state index contributed by atoms with van der Waals surface area (Å²) < 4.78 is 10.7. The second-order valence-electron chi connectivity index (χ2n) is 4.99. The number of ether oxygens (including phenoxy) is 1. The zero-order chi connectivity index (χ0) is 15.9. The highest BCUT2D eigenvalue weighted by Crippen LogP contribution is 2.20. The molecule has 5 nitrogen and oxygen atoms in total. The van der Waals surface area contributed by atoms with Crippen molar-refractivity contribution in [1.29, 1.82) is 0 Å². The number of hydrogen-bond donors (Lipinski definition) is 0. The number of hydrogen-bond acceptors (Lipinski definition) is 4. The van der Waals surface area contributed by atoms with Gasteiger partial charge in [-0.05, 0) is 17.7 Å². The number of furan rings is 1. The first kappa shape index (κ1) is 15.8. The van der Waals surface area contributed by atoms with Crippen LogP contribution in [0.1, 0.15) is 31.3 Å². The van der Waals surface area contributed by atoms with E-state index in [2.05, 4.69) is 0 Å². The molecule has 0 aliphatic rings. The minimum atomic E-state index is -0.502. The zero-order valence-electron chi connectivity index (χ0n) is 12.7. The van der Waals surface area contributed by atoms with Crippen LogP contribution in [-0.4, -0.2) is 23.3 Å². The molecule has 0 bridgehead atoms. The Morgan fingerprint density at radius 2 is 1.86 bits per heavy atom. The predicted molar refractivity (Wildman–Crippen MR) is 80.7 cm³/mol. The van der Waals surface area contributed by atoms with Gasteiger partial charge in [0.2, 0.25) is 5.91 Å². The number of esters is 1. The van der Waals surface area contributed by atoms with Gasteiger partial charge in [0.25, 0.3) is 0 Å². The fraction of sp³-hybridized carbons (Fsp3) is 0.294. The fourth-order valence-electron chi connectivity index (χ4n) is 2.17. The van der Waals surface area contributed by atoms with Crippen LogP contribution in [0.2, 0.25) is 0 Å². The highest BCUT2D eigenvalue weighted by molar-refractivity contribution is 5.73. The van der Waals surface area contributed by atoms with Crippen molar-refractivity contribution in [3.63, 3.8) is 0 Å². The highest BCUT2D eigenvalue weighted by atomic mass is 16.5. The third-order valence-electron chi connectivity index (χ3n) is 3.24. The first-order chi connectivity index (χ1) is 10.6. The third kappa shape index (κ3) is 4.48. The molecule has 1 atom stereocenters. The molecule has 5 heteroatoms. The van der Waals surface area contributed by atoms with Crippen LogP contribution in [0.4, 0.5) is 0 Å². The molecule has 116 valence electrons. The fourth-order valence-corrected chi connectivity index (χ4v) is 2.17. The van der Waals surface area contributed by atoms with Crippen molar-refractivity contribution in [3.8, 4) is 0 Å². The number of benzene rings is 1. The number of rotatable bonds is 6. The molecule has 1 aromatic heterocycles. The van der Waals surface area contributed by atoms with Crippen LogP contribution in [-0.2, 0) is 20.9 Å². The summed E-state index contributed by atoms with van der Waals surface area (Å²) in [5.41, 5.74) is 0.850. The molecule has 0 aliphatic heterocycles. The average molecular weight is 301 g/mol. The second kappa shape index (κ2) is 7.45. The number of nitrogens with zero attached hydrogens (tertiary/aromatic N) is 1. The lowest BCUT2D eigenvalue weighted by molar-refractivity contribution is -0.150. The number of carbonyl (C=O) groups is 2. The van der Waals surface area contributed by atoms with Crippen molar-refractivity contribution in [2.75, 3.05) is 6.54 Å². The van der Waals surface area contributed by atoms with Gasteiger partial charge in [0.05, 0.1) is 19.4 Å². The molecule has 1 amide bonds. The van der Waals surface area contributed by atoms with Gasteiger partial charge in [-0.1, -0.05) is 30.3 Å². The molecular weight excluding hydrogens is 282 g/mol. The summed E-state index contributed by atoms with van der Waals surface area (Å²) in [6.45, 7) is 3.46. The van der Waals surface area contributed by atoms with Gasteiger partial charge >= 0.3 is 5.97 Å². The molecule has 0 unspecified atom stereocenters. The summed E-state index contributed by atoms with van der Waals surface area (Å²) >= 11 is 0. The lowest BCUT2D eigenvalue weighted by atomic mass is 10.1. The molecule has 0 saturated carbocycles. The summed E-state index contributed by atoms with van der Waals surface area (Å²) in [6, 6.07) is 13.0. The Morgan fingerprint density at radius 3 is 2.41 bits per heavy atom. The van der Waals surface area contributed by atoms with Crippen LogP contribution < -0.4 is 0 Å². The van der Waals surface area contributed by atoms with E-state index in [-0.39, 0.29) is 18.4 Å². The van der Waals surface area contributed by atoms with E-state index in [1.807, 2.05) is 30.3 Å². The molecule has 1 heterocycles. The van der Waals surface area contributed by atoms with E-state index >= 15 is 0 Å². The van der Waals surface area contributed by atoms with Crippen LogP contribution in [0.15, 0.2) is 53.1 Å². The summed E-state index contributed by atoms with van der Waals surface area (Å²) in [5.74, 6) is 0.199. The van der Waals surface area contributed by atoms with Crippen LogP contribution in [0.5, 0.6) is 0 Å². The van der Waals surface area contributed by atoms with Crippen LogP contribution >= 0.6 is 0 Å². The molecule has 0 radical (unpaired) electrons. The molecular formula is C17H19NO4. The van der Waals surface area contributed by atoms with Gasteiger partial charge in [0.15, 0.2) is 0 Å². The van der Waals surface area contributed by atoms with Gasteiger partial charge in [-0.15, -0.1) is 0 Å². The summed E-state index contributed by atoms with van der Waals surface area (Å²) in [5, 5.41) is 0. The van der Waals surface area contributed by atoms with E-state index in [1.54, 1.807) is 23.3 Å². The van der Waals surface area contributed by atoms with Crippen molar-refractivity contribution < 1.29 is 18.7 Å².